The van der Waals surface area contributed by atoms with Gasteiger partial charge in [0.15, 0.2) is 0 Å². The van der Waals surface area contributed by atoms with Gasteiger partial charge < -0.3 is 10.2 Å². The molecule has 5 rings (SSSR count). The summed E-state index contributed by atoms with van der Waals surface area (Å²) in [7, 11) is 0. The SMILES string of the molecule is O=C(Nc1ccccc1-c1ccc(Cl)cc1)c1csc(C2CCN(C(=O)CCc3cccs3)CC2)n1. The maximum absolute atomic E-state index is 13.0. The van der Waals surface area contributed by atoms with Gasteiger partial charge in [-0.2, -0.15) is 0 Å². The van der Waals surface area contributed by atoms with Crippen molar-refractivity contribution in [1.29, 1.82) is 0 Å². The van der Waals surface area contributed by atoms with Crippen LogP contribution in [0.15, 0.2) is 71.4 Å². The molecule has 0 spiro atoms. The van der Waals surface area contributed by atoms with Crippen LogP contribution in [0.4, 0.5) is 5.69 Å². The number of hydrogen-bond donors (Lipinski definition) is 1. The number of nitrogens with zero attached hydrogens (tertiary/aromatic N) is 2. The Hall–Kier alpha value is -3.00. The van der Waals surface area contributed by atoms with Gasteiger partial charge in [-0.05, 0) is 54.5 Å². The lowest BCUT2D eigenvalue weighted by molar-refractivity contribution is -0.132. The van der Waals surface area contributed by atoms with E-state index in [9.17, 15) is 9.59 Å². The van der Waals surface area contributed by atoms with Crippen molar-refractivity contribution in [3.8, 4) is 11.1 Å². The van der Waals surface area contributed by atoms with Crippen LogP contribution in [0.25, 0.3) is 11.1 Å². The number of rotatable bonds is 7. The van der Waals surface area contributed by atoms with E-state index < -0.39 is 0 Å². The number of anilines is 1. The molecular formula is C28H26ClN3O2S2. The Bertz CT molecular complexity index is 1330. The van der Waals surface area contributed by atoms with Crippen molar-refractivity contribution in [2.45, 2.75) is 31.6 Å². The number of amides is 2. The predicted molar refractivity (Wildman–Crippen MR) is 148 cm³/mol. The van der Waals surface area contributed by atoms with Crippen molar-refractivity contribution < 1.29 is 9.59 Å². The number of aryl methyl sites for hydroxylation is 1. The van der Waals surface area contributed by atoms with Gasteiger partial charge in [-0.3, -0.25) is 9.59 Å². The zero-order valence-corrected chi connectivity index (χ0v) is 22.0. The smallest absolute Gasteiger partial charge is 0.275 e. The molecule has 5 nitrogen and oxygen atoms in total. The molecule has 1 saturated heterocycles. The van der Waals surface area contributed by atoms with Crippen molar-refractivity contribution in [2.24, 2.45) is 0 Å². The molecule has 0 atom stereocenters. The van der Waals surface area contributed by atoms with Crippen LogP contribution < -0.4 is 5.32 Å². The Labute approximate surface area is 223 Å². The van der Waals surface area contributed by atoms with Crippen molar-refractivity contribution in [3.63, 3.8) is 0 Å². The number of carbonyl (C=O) groups excluding carboxylic acids is 2. The van der Waals surface area contributed by atoms with E-state index in [4.69, 9.17) is 11.6 Å². The number of carbonyl (C=O) groups is 2. The molecule has 0 unspecified atom stereocenters. The van der Waals surface area contributed by atoms with E-state index >= 15 is 0 Å². The molecule has 3 heterocycles. The molecule has 8 heteroatoms. The molecule has 4 aromatic rings. The topological polar surface area (TPSA) is 62.3 Å². The van der Waals surface area contributed by atoms with E-state index in [0.717, 1.165) is 54.2 Å². The highest BCUT2D eigenvalue weighted by atomic mass is 35.5. The zero-order chi connectivity index (χ0) is 24.9. The number of benzene rings is 2. The Morgan fingerprint density at radius 3 is 2.53 bits per heavy atom. The molecule has 1 N–H and O–H groups in total. The van der Waals surface area contributed by atoms with Gasteiger partial charge in [0, 0.05) is 52.0 Å². The van der Waals surface area contributed by atoms with Crippen LogP contribution in [-0.4, -0.2) is 34.8 Å². The van der Waals surface area contributed by atoms with Crippen LogP contribution in [0.5, 0.6) is 0 Å². The number of nitrogens with one attached hydrogen (secondary N) is 1. The summed E-state index contributed by atoms with van der Waals surface area (Å²) in [6, 6.07) is 19.4. The summed E-state index contributed by atoms with van der Waals surface area (Å²) >= 11 is 9.26. The van der Waals surface area contributed by atoms with E-state index in [-0.39, 0.29) is 17.7 Å². The van der Waals surface area contributed by atoms with Gasteiger partial charge in [0.2, 0.25) is 5.91 Å². The summed E-state index contributed by atoms with van der Waals surface area (Å²) in [5.41, 5.74) is 3.06. The monoisotopic (exact) mass is 535 g/mol. The quantitative estimate of drug-likeness (QED) is 0.274. The predicted octanol–water partition coefficient (Wildman–Crippen LogP) is 7.12. The van der Waals surface area contributed by atoms with Gasteiger partial charge in [0.25, 0.3) is 5.91 Å². The van der Waals surface area contributed by atoms with Gasteiger partial charge in [0.05, 0.1) is 5.01 Å². The molecule has 0 aliphatic carbocycles. The molecule has 1 fully saturated rings. The molecule has 0 radical (unpaired) electrons. The van der Waals surface area contributed by atoms with Crippen molar-refractivity contribution in [1.82, 2.24) is 9.88 Å². The fraction of sp³-hybridized carbons (Fsp3) is 0.250. The van der Waals surface area contributed by atoms with Crippen LogP contribution >= 0.6 is 34.3 Å². The third-order valence-electron chi connectivity index (χ3n) is 6.45. The van der Waals surface area contributed by atoms with Crippen LogP contribution in [0, 0.1) is 0 Å². The second-order valence-corrected chi connectivity index (χ2v) is 11.2. The third-order valence-corrected chi connectivity index (χ3v) is 8.64. The summed E-state index contributed by atoms with van der Waals surface area (Å²) in [5, 5.41) is 8.54. The van der Waals surface area contributed by atoms with Gasteiger partial charge >= 0.3 is 0 Å². The van der Waals surface area contributed by atoms with Crippen LogP contribution in [0.2, 0.25) is 5.02 Å². The minimum Gasteiger partial charge on any atom is -0.343 e. The molecule has 36 heavy (non-hydrogen) atoms. The fourth-order valence-electron chi connectivity index (χ4n) is 4.46. The first-order chi connectivity index (χ1) is 17.6. The molecule has 2 amide bonds. The average Bonchev–Trinajstić information content (AvgIpc) is 3.61. The lowest BCUT2D eigenvalue weighted by atomic mass is 9.97. The summed E-state index contributed by atoms with van der Waals surface area (Å²) in [4.78, 5) is 33.5. The van der Waals surface area contributed by atoms with Crippen LogP contribution in [-0.2, 0) is 11.2 Å². The summed E-state index contributed by atoms with van der Waals surface area (Å²) in [6.07, 6.45) is 3.12. The number of halogens is 1. The molecule has 184 valence electrons. The van der Waals surface area contributed by atoms with Crippen LogP contribution in [0.3, 0.4) is 0 Å². The zero-order valence-electron chi connectivity index (χ0n) is 19.7. The first kappa shape index (κ1) is 24.7. The standard InChI is InChI=1S/C28H26ClN3O2S2/c29-21-9-7-19(8-10-21)23-5-1-2-6-24(23)30-27(34)25-18-36-28(31-25)20-13-15-32(16-14-20)26(33)12-11-22-4-3-17-35-22/h1-10,17-18,20H,11-16H2,(H,30,34). The average molecular weight is 536 g/mol. The number of aromatic nitrogens is 1. The first-order valence-electron chi connectivity index (χ1n) is 12.0. The Morgan fingerprint density at radius 2 is 1.78 bits per heavy atom. The molecule has 2 aromatic heterocycles. The van der Waals surface area contributed by atoms with E-state index in [0.29, 0.717) is 17.1 Å². The molecule has 1 aliphatic heterocycles. The lowest BCUT2D eigenvalue weighted by Crippen LogP contribution is -2.38. The Balaban J connectivity index is 1.18. The second-order valence-electron chi connectivity index (χ2n) is 8.81. The normalized spacial score (nSPS) is 14.1. The minimum absolute atomic E-state index is 0.222. The molecule has 2 aromatic carbocycles. The number of likely N-dealkylation sites (tertiary alicyclic amines) is 1. The fourth-order valence-corrected chi connectivity index (χ4v) is 6.26. The number of para-hydroxylation sites is 1. The summed E-state index contributed by atoms with van der Waals surface area (Å²) < 4.78 is 0. The molecule has 0 bridgehead atoms. The molecule has 0 saturated carbocycles. The van der Waals surface area contributed by atoms with Gasteiger partial charge in [-0.25, -0.2) is 4.98 Å². The van der Waals surface area contributed by atoms with E-state index in [1.54, 1.807) is 11.3 Å². The lowest BCUT2D eigenvalue weighted by Gasteiger charge is -2.31. The van der Waals surface area contributed by atoms with Gasteiger partial charge in [0.1, 0.15) is 5.69 Å². The van der Waals surface area contributed by atoms with Gasteiger partial charge in [-0.1, -0.05) is 48.0 Å². The number of thiazole rings is 1. The highest BCUT2D eigenvalue weighted by Crippen LogP contribution is 2.32. The summed E-state index contributed by atoms with van der Waals surface area (Å²) in [5.74, 6) is 0.278. The van der Waals surface area contributed by atoms with Crippen molar-refractivity contribution >= 4 is 51.8 Å². The van der Waals surface area contributed by atoms with Crippen molar-refractivity contribution in [2.75, 3.05) is 18.4 Å². The van der Waals surface area contributed by atoms with E-state index in [1.807, 2.05) is 70.3 Å². The highest BCUT2D eigenvalue weighted by molar-refractivity contribution is 7.10. The summed E-state index contributed by atoms with van der Waals surface area (Å²) in [6.45, 7) is 1.48. The minimum atomic E-state index is -0.222. The van der Waals surface area contributed by atoms with Gasteiger partial charge in [-0.15, -0.1) is 22.7 Å². The maximum Gasteiger partial charge on any atom is 0.275 e. The second kappa shape index (κ2) is 11.4. The van der Waals surface area contributed by atoms with E-state index in [1.165, 1.54) is 16.2 Å². The Morgan fingerprint density at radius 1 is 1.00 bits per heavy atom. The van der Waals surface area contributed by atoms with Crippen molar-refractivity contribution in [3.05, 3.63) is 92.0 Å². The highest BCUT2D eigenvalue weighted by Gasteiger charge is 2.26. The number of thiophene rings is 1. The number of piperidine rings is 1. The molecule has 1 aliphatic rings. The third kappa shape index (κ3) is 5.86. The number of hydrogen-bond acceptors (Lipinski definition) is 5. The Kier molecular flexibility index (Phi) is 7.80. The molecular weight excluding hydrogens is 510 g/mol. The maximum atomic E-state index is 13.0. The first-order valence-corrected chi connectivity index (χ1v) is 14.1. The largest absolute Gasteiger partial charge is 0.343 e. The van der Waals surface area contributed by atoms with E-state index in [2.05, 4.69) is 16.4 Å². The van der Waals surface area contributed by atoms with Crippen LogP contribution in [0.1, 0.15) is 45.6 Å².